The molecule has 0 aliphatic rings. The van der Waals surface area contributed by atoms with Crippen LogP contribution in [0.3, 0.4) is 0 Å². The van der Waals surface area contributed by atoms with E-state index in [1.54, 1.807) is 18.3 Å². The number of nitrogens with zero attached hydrogens (tertiary/aromatic N) is 4. The molecule has 1 amide bonds. The van der Waals surface area contributed by atoms with Crippen molar-refractivity contribution >= 4 is 22.9 Å². The summed E-state index contributed by atoms with van der Waals surface area (Å²) in [7, 11) is 0. The van der Waals surface area contributed by atoms with Gasteiger partial charge in [0.05, 0.1) is 34.6 Å². The van der Waals surface area contributed by atoms with Crippen molar-refractivity contribution in [2.75, 3.05) is 0 Å². The van der Waals surface area contributed by atoms with E-state index in [-0.39, 0.29) is 11.6 Å². The predicted octanol–water partition coefficient (Wildman–Crippen LogP) is 3.83. The smallest absolute Gasteiger partial charge is 0.269 e. The average Bonchev–Trinajstić information content (AvgIpc) is 3.43. The van der Waals surface area contributed by atoms with E-state index in [2.05, 4.69) is 15.4 Å². The van der Waals surface area contributed by atoms with Gasteiger partial charge < -0.3 is 5.32 Å². The summed E-state index contributed by atoms with van der Waals surface area (Å²) < 4.78 is 1.50. The minimum Gasteiger partial charge on any atom is -0.346 e. The fraction of sp³-hybridized carbons (Fsp3) is 0.0500. The number of hydrogen-bond acceptors (Lipinski definition) is 6. The first kappa shape index (κ1) is 18.5. The highest BCUT2D eigenvalue weighted by molar-refractivity contribution is 7.13. The Morgan fingerprint density at radius 2 is 1.90 bits per heavy atom. The molecule has 0 fully saturated rings. The number of nitro benzene ring substituents is 1. The third-order valence-electron chi connectivity index (χ3n) is 4.17. The van der Waals surface area contributed by atoms with Gasteiger partial charge >= 0.3 is 0 Å². The number of amides is 1. The van der Waals surface area contributed by atoms with Gasteiger partial charge in [0, 0.05) is 29.3 Å². The number of hydrogen-bond donors (Lipinski definition) is 1. The van der Waals surface area contributed by atoms with Crippen molar-refractivity contribution < 1.29 is 9.72 Å². The number of nitro groups is 1. The molecule has 2 aromatic heterocycles. The van der Waals surface area contributed by atoms with Crippen molar-refractivity contribution in [1.29, 1.82) is 0 Å². The van der Waals surface area contributed by atoms with Gasteiger partial charge in [-0.3, -0.25) is 14.9 Å². The molecule has 0 radical (unpaired) electrons. The number of thiazole rings is 1. The van der Waals surface area contributed by atoms with Crippen LogP contribution in [0, 0.1) is 10.1 Å². The van der Waals surface area contributed by atoms with Crippen molar-refractivity contribution in [1.82, 2.24) is 20.1 Å². The SMILES string of the molecule is O=C(NCc1csc(-c2ccccc2)n1)c1cnn(-c2ccc([N+](=O)[O-])cc2)c1. The van der Waals surface area contributed by atoms with Gasteiger partial charge in [0.1, 0.15) is 5.01 Å². The Bertz CT molecular complexity index is 1150. The van der Waals surface area contributed by atoms with Crippen LogP contribution in [-0.4, -0.2) is 25.6 Å². The highest BCUT2D eigenvalue weighted by Crippen LogP contribution is 2.23. The Kier molecular flexibility index (Phi) is 5.12. The predicted molar refractivity (Wildman–Crippen MR) is 109 cm³/mol. The molecule has 0 atom stereocenters. The van der Waals surface area contributed by atoms with Gasteiger partial charge in [-0.05, 0) is 12.1 Å². The number of carbonyl (C=O) groups is 1. The zero-order valence-electron chi connectivity index (χ0n) is 15.1. The summed E-state index contributed by atoms with van der Waals surface area (Å²) in [6.45, 7) is 0.310. The van der Waals surface area contributed by atoms with Crippen molar-refractivity contribution in [3.63, 3.8) is 0 Å². The molecule has 0 saturated heterocycles. The molecule has 144 valence electrons. The van der Waals surface area contributed by atoms with E-state index in [0.717, 1.165) is 16.3 Å². The fourth-order valence-electron chi connectivity index (χ4n) is 2.68. The Morgan fingerprint density at radius 1 is 1.14 bits per heavy atom. The molecular weight excluding hydrogens is 390 g/mol. The quantitative estimate of drug-likeness (QED) is 0.388. The highest BCUT2D eigenvalue weighted by Gasteiger charge is 2.12. The van der Waals surface area contributed by atoms with Crippen LogP contribution in [-0.2, 0) is 6.54 Å². The lowest BCUT2D eigenvalue weighted by atomic mass is 10.2. The summed E-state index contributed by atoms with van der Waals surface area (Å²) in [5.74, 6) is -0.271. The van der Waals surface area contributed by atoms with Crippen molar-refractivity contribution in [3.8, 4) is 16.3 Å². The Hall–Kier alpha value is -3.85. The first-order valence-electron chi connectivity index (χ1n) is 8.68. The van der Waals surface area contributed by atoms with Crippen LogP contribution in [0.4, 0.5) is 5.69 Å². The van der Waals surface area contributed by atoms with Gasteiger partial charge in [-0.25, -0.2) is 9.67 Å². The van der Waals surface area contributed by atoms with Gasteiger partial charge in [0.15, 0.2) is 0 Å². The minimum absolute atomic E-state index is 0.00277. The summed E-state index contributed by atoms with van der Waals surface area (Å²) in [6.07, 6.45) is 3.03. The molecule has 0 unspecified atom stereocenters. The second kappa shape index (κ2) is 8.03. The zero-order chi connectivity index (χ0) is 20.2. The van der Waals surface area contributed by atoms with Crippen LogP contribution >= 0.6 is 11.3 Å². The molecule has 2 heterocycles. The third-order valence-corrected chi connectivity index (χ3v) is 5.11. The molecule has 2 aromatic carbocycles. The largest absolute Gasteiger partial charge is 0.346 e. The number of nitrogens with one attached hydrogen (secondary N) is 1. The molecule has 29 heavy (non-hydrogen) atoms. The minimum atomic E-state index is -0.465. The van der Waals surface area contributed by atoms with Crippen LogP contribution in [0.1, 0.15) is 16.1 Å². The van der Waals surface area contributed by atoms with E-state index >= 15 is 0 Å². The Balaban J connectivity index is 1.40. The average molecular weight is 405 g/mol. The molecular formula is C20H15N5O3S. The molecule has 0 saturated carbocycles. The van der Waals surface area contributed by atoms with Crippen LogP contribution in [0.2, 0.25) is 0 Å². The van der Waals surface area contributed by atoms with Gasteiger partial charge in [0.25, 0.3) is 11.6 Å². The number of aromatic nitrogens is 3. The molecule has 4 rings (SSSR count). The van der Waals surface area contributed by atoms with Gasteiger partial charge in [-0.2, -0.15) is 5.10 Å². The molecule has 0 aliphatic heterocycles. The number of benzene rings is 2. The van der Waals surface area contributed by atoms with Crippen LogP contribution < -0.4 is 5.32 Å². The maximum atomic E-state index is 12.4. The van der Waals surface area contributed by atoms with E-state index in [9.17, 15) is 14.9 Å². The lowest BCUT2D eigenvalue weighted by Crippen LogP contribution is -2.22. The summed E-state index contributed by atoms with van der Waals surface area (Å²) in [5.41, 5.74) is 2.84. The van der Waals surface area contributed by atoms with Gasteiger partial charge in [-0.15, -0.1) is 11.3 Å². The zero-order valence-corrected chi connectivity index (χ0v) is 15.9. The van der Waals surface area contributed by atoms with E-state index in [0.29, 0.717) is 17.8 Å². The molecule has 0 spiro atoms. The lowest BCUT2D eigenvalue weighted by molar-refractivity contribution is -0.384. The number of non-ortho nitro benzene ring substituents is 1. The summed E-state index contributed by atoms with van der Waals surface area (Å²) in [4.78, 5) is 27.2. The van der Waals surface area contributed by atoms with E-state index in [1.165, 1.54) is 34.3 Å². The topological polar surface area (TPSA) is 103 Å². The molecule has 9 heteroatoms. The first-order valence-corrected chi connectivity index (χ1v) is 9.55. The van der Waals surface area contributed by atoms with Crippen LogP contribution in [0.15, 0.2) is 72.4 Å². The standard InChI is InChI=1S/C20H15N5O3S/c26-19(21-11-16-13-29-20(23-16)14-4-2-1-3-5-14)15-10-22-24(12-15)17-6-8-18(9-7-17)25(27)28/h1-10,12-13H,11H2,(H,21,26). The summed E-state index contributed by atoms with van der Waals surface area (Å²) in [5, 5.41) is 20.5. The maximum absolute atomic E-state index is 12.4. The second-order valence-electron chi connectivity index (χ2n) is 6.14. The van der Waals surface area contributed by atoms with Gasteiger partial charge in [0.2, 0.25) is 0 Å². The monoisotopic (exact) mass is 405 g/mol. The Morgan fingerprint density at radius 3 is 2.62 bits per heavy atom. The van der Waals surface area contributed by atoms with E-state index in [1.807, 2.05) is 35.7 Å². The number of carbonyl (C=O) groups excluding carboxylic acids is 1. The second-order valence-corrected chi connectivity index (χ2v) is 7.00. The molecule has 8 nitrogen and oxygen atoms in total. The lowest BCUT2D eigenvalue weighted by Gasteiger charge is -2.01. The molecule has 1 N–H and O–H groups in total. The first-order chi connectivity index (χ1) is 14.1. The van der Waals surface area contributed by atoms with Crippen LogP contribution in [0.5, 0.6) is 0 Å². The fourth-order valence-corrected chi connectivity index (χ4v) is 3.51. The van der Waals surface area contributed by atoms with Crippen LogP contribution in [0.25, 0.3) is 16.3 Å². The summed E-state index contributed by atoms with van der Waals surface area (Å²) >= 11 is 1.53. The maximum Gasteiger partial charge on any atom is 0.269 e. The highest BCUT2D eigenvalue weighted by atomic mass is 32.1. The Labute approximate surface area is 169 Å². The number of rotatable bonds is 6. The molecule has 0 aliphatic carbocycles. The molecule has 0 bridgehead atoms. The van der Waals surface area contributed by atoms with Crippen molar-refractivity contribution in [2.45, 2.75) is 6.54 Å². The van der Waals surface area contributed by atoms with E-state index in [4.69, 9.17) is 0 Å². The van der Waals surface area contributed by atoms with E-state index < -0.39 is 4.92 Å². The van der Waals surface area contributed by atoms with Crippen molar-refractivity contribution in [2.24, 2.45) is 0 Å². The summed E-state index contributed by atoms with van der Waals surface area (Å²) in [6, 6.07) is 15.8. The van der Waals surface area contributed by atoms with Crippen molar-refractivity contribution in [3.05, 3.63) is 93.7 Å². The normalized spacial score (nSPS) is 10.6. The molecule has 4 aromatic rings. The van der Waals surface area contributed by atoms with Gasteiger partial charge in [-0.1, -0.05) is 30.3 Å². The third kappa shape index (κ3) is 4.19.